The highest BCUT2D eigenvalue weighted by atomic mass is 16.5. The minimum atomic E-state index is -0.303. The van der Waals surface area contributed by atoms with Crippen LogP contribution in [0.25, 0.3) is 0 Å². The summed E-state index contributed by atoms with van der Waals surface area (Å²) >= 11 is 0. The number of carbonyl (C=O) groups excluding carboxylic acids is 2. The highest BCUT2D eigenvalue weighted by Gasteiger charge is 2.62. The summed E-state index contributed by atoms with van der Waals surface area (Å²) in [6.45, 7) is 6.39. The van der Waals surface area contributed by atoms with E-state index in [2.05, 4.69) is 19.9 Å². The first-order chi connectivity index (χ1) is 12.8. The Morgan fingerprint density at radius 3 is 2.85 bits per heavy atom. The second kappa shape index (κ2) is 6.58. The van der Waals surface area contributed by atoms with Gasteiger partial charge in [-0.05, 0) is 79.8 Å². The van der Waals surface area contributed by atoms with Crippen LogP contribution in [-0.4, -0.2) is 29.6 Å². The van der Waals surface area contributed by atoms with Crippen molar-refractivity contribution in [3.63, 3.8) is 0 Å². The fraction of sp³-hybridized carbons (Fsp3) is 0.739. The average Bonchev–Trinajstić information content (AvgIpc) is 2.93. The second-order valence-corrected chi connectivity index (χ2v) is 9.46. The molecule has 0 bridgehead atoms. The van der Waals surface area contributed by atoms with E-state index < -0.39 is 0 Å². The van der Waals surface area contributed by atoms with Crippen LogP contribution in [-0.2, 0) is 14.3 Å². The van der Waals surface area contributed by atoms with Crippen molar-refractivity contribution in [3.8, 4) is 0 Å². The van der Waals surface area contributed by atoms with Gasteiger partial charge in [0.2, 0.25) is 0 Å². The van der Waals surface area contributed by atoms with Crippen molar-refractivity contribution >= 4 is 11.8 Å². The van der Waals surface area contributed by atoms with E-state index in [9.17, 15) is 14.7 Å². The van der Waals surface area contributed by atoms with Gasteiger partial charge in [-0.15, -0.1) is 0 Å². The molecule has 0 aromatic rings. The van der Waals surface area contributed by atoms with Crippen LogP contribution in [0.4, 0.5) is 0 Å². The van der Waals surface area contributed by atoms with E-state index in [1.54, 1.807) is 6.08 Å². The Hall–Kier alpha value is -1.42. The third-order valence-corrected chi connectivity index (χ3v) is 8.54. The molecule has 0 heterocycles. The molecular formula is C23H32O4. The van der Waals surface area contributed by atoms with Gasteiger partial charge in [0.15, 0.2) is 5.78 Å². The minimum Gasteiger partial charge on any atom is -0.466 e. The van der Waals surface area contributed by atoms with E-state index >= 15 is 0 Å². The molecule has 4 heteroatoms. The Balaban J connectivity index is 1.69. The van der Waals surface area contributed by atoms with E-state index in [-0.39, 0.29) is 34.6 Å². The van der Waals surface area contributed by atoms with Crippen molar-refractivity contribution in [3.05, 3.63) is 23.8 Å². The predicted octanol–water partition coefficient (Wildman–Crippen LogP) is 3.83. The molecule has 4 aliphatic carbocycles. The van der Waals surface area contributed by atoms with Crippen molar-refractivity contribution in [2.24, 2.45) is 34.5 Å². The van der Waals surface area contributed by atoms with Gasteiger partial charge in [0, 0.05) is 12.3 Å². The van der Waals surface area contributed by atoms with E-state index in [4.69, 9.17) is 4.74 Å². The van der Waals surface area contributed by atoms with Crippen molar-refractivity contribution < 1.29 is 19.4 Å². The molecule has 1 N–H and O–H groups in total. The number of aliphatic hydroxyl groups is 1. The van der Waals surface area contributed by atoms with E-state index in [1.165, 1.54) is 12.5 Å². The van der Waals surface area contributed by atoms with E-state index in [0.717, 1.165) is 38.5 Å². The largest absolute Gasteiger partial charge is 0.466 e. The number of carbonyl (C=O) groups is 2. The van der Waals surface area contributed by atoms with Gasteiger partial charge in [-0.25, -0.2) is 0 Å². The molecule has 0 unspecified atom stereocenters. The first-order valence-corrected chi connectivity index (χ1v) is 10.6. The molecule has 7 atom stereocenters. The summed E-state index contributed by atoms with van der Waals surface area (Å²) in [5.74, 6) is 1.51. The van der Waals surface area contributed by atoms with Crippen molar-refractivity contribution in [2.45, 2.75) is 65.4 Å². The highest BCUT2D eigenvalue weighted by Crippen LogP contribution is 2.66. The first-order valence-electron chi connectivity index (χ1n) is 10.6. The van der Waals surface area contributed by atoms with Crippen LogP contribution in [0, 0.1) is 34.5 Å². The number of hydrogen-bond acceptors (Lipinski definition) is 4. The molecule has 0 saturated heterocycles. The molecule has 0 aromatic heterocycles. The molecule has 0 spiro atoms. The number of ether oxygens (including phenoxy) is 1. The van der Waals surface area contributed by atoms with Crippen LogP contribution < -0.4 is 0 Å². The first kappa shape index (κ1) is 18.9. The van der Waals surface area contributed by atoms with Gasteiger partial charge >= 0.3 is 5.97 Å². The zero-order chi connectivity index (χ0) is 19.4. The molecule has 27 heavy (non-hydrogen) atoms. The fourth-order valence-electron chi connectivity index (χ4n) is 7.29. The van der Waals surface area contributed by atoms with Gasteiger partial charge in [-0.2, -0.15) is 0 Å². The number of ketones is 1. The number of allylic oxidation sites excluding steroid dienone is 4. The standard InChI is InChI=1S/C23H32O4/c1-4-23-10-8-19-18(6-5-16-12-17(25)7-9-22(16,19)3)21(23)15(11-20(23)26)13-27-14(2)24/h7,9,12,15,18-21,26H,4-6,8,10-11,13H2,1-3H3/t15-,18-,19+,20+,21+,22+,23-/m1/s1. The normalized spacial score (nSPS) is 45.6. The Morgan fingerprint density at radius 1 is 1.37 bits per heavy atom. The number of rotatable bonds is 3. The lowest BCUT2D eigenvalue weighted by Gasteiger charge is -2.58. The third kappa shape index (κ3) is 2.74. The topological polar surface area (TPSA) is 63.6 Å². The zero-order valence-electron chi connectivity index (χ0n) is 16.7. The highest BCUT2D eigenvalue weighted by molar-refractivity contribution is 6.01. The lowest BCUT2D eigenvalue weighted by molar-refractivity contribution is -0.144. The van der Waals surface area contributed by atoms with Crippen LogP contribution >= 0.6 is 0 Å². The number of hydrogen-bond donors (Lipinski definition) is 1. The van der Waals surface area contributed by atoms with Gasteiger partial charge in [-0.1, -0.05) is 25.5 Å². The summed E-state index contributed by atoms with van der Waals surface area (Å²) < 4.78 is 5.42. The summed E-state index contributed by atoms with van der Waals surface area (Å²) in [6.07, 6.45) is 11.3. The minimum absolute atomic E-state index is 0.0439. The maximum absolute atomic E-state index is 11.9. The molecule has 0 aromatic carbocycles. The lowest BCUT2D eigenvalue weighted by atomic mass is 9.47. The Labute approximate surface area is 162 Å². The molecular weight excluding hydrogens is 340 g/mol. The maximum atomic E-state index is 11.9. The van der Waals surface area contributed by atoms with E-state index in [0.29, 0.717) is 24.4 Å². The number of aliphatic hydroxyl groups excluding tert-OH is 1. The average molecular weight is 373 g/mol. The second-order valence-electron chi connectivity index (χ2n) is 9.46. The van der Waals surface area contributed by atoms with Gasteiger partial charge in [0.25, 0.3) is 0 Å². The molecule has 4 nitrogen and oxygen atoms in total. The molecule has 3 saturated carbocycles. The van der Waals surface area contributed by atoms with Gasteiger partial charge < -0.3 is 9.84 Å². The molecule has 4 aliphatic rings. The Kier molecular flexibility index (Phi) is 4.61. The van der Waals surface area contributed by atoms with Crippen LogP contribution in [0.2, 0.25) is 0 Å². The number of esters is 1. The van der Waals surface area contributed by atoms with Gasteiger partial charge in [0.1, 0.15) is 0 Å². The molecule has 0 amide bonds. The molecule has 0 aliphatic heterocycles. The number of fused-ring (bicyclic) bond motifs is 5. The van der Waals surface area contributed by atoms with E-state index in [1.807, 2.05) is 6.08 Å². The summed E-state index contributed by atoms with van der Waals surface area (Å²) in [5.41, 5.74) is 1.20. The van der Waals surface area contributed by atoms with Crippen molar-refractivity contribution in [2.75, 3.05) is 6.61 Å². The molecule has 148 valence electrons. The fourth-order valence-corrected chi connectivity index (χ4v) is 7.29. The van der Waals surface area contributed by atoms with Crippen molar-refractivity contribution in [1.82, 2.24) is 0 Å². The van der Waals surface area contributed by atoms with Crippen LogP contribution in [0.5, 0.6) is 0 Å². The summed E-state index contributed by atoms with van der Waals surface area (Å²) in [7, 11) is 0. The lowest BCUT2D eigenvalue weighted by Crippen LogP contribution is -2.52. The van der Waals surface area contributed by atoms with Crippen LogP contribution in [0.1, 0.15) is 59.3 Å². The van der Waals surface area contributed by atoms with Crippen LogP contribution in [0.15, 0.2) is 23.8 Å². The Bertz CT molecular complexity index is 707. The predicted molar refractivity (Wildman–Crippen MR) is 103 cm³/mol. The zero-order valence-corrected chi connectivity index (χ0v) is 16.7. The monoisotopic (exact) mass is 372 g/mol. The van der Waals surface area contributed by atoms with Gasteiger partial charge in [0.05, 0.1) is 12.7 Å². The SMILES string of the molecule is CC[C@]12CC[C@H]3[C@@H](CCC4=CC(=O)C=C[C@@]43C)[C@@H]1[C@@H](COC(C)=O)C[C@@H]2O. The van der Waals surface area contributed by atoms with Crippen molar-refractivity contribution in [1.29, 1.82) is 0 Å². The smallest absolute Gasteiger partial charge is 0.302 e. The molecule has 0 radical (unpaired) electrons. The quantitative estimate of drug-likeness (QED) is 0.765. The maximum Gasteiger partial charge on any atom is 0.302 e. The third-order valence-electron chi connectivity index (χ3n) is 8.54. The summed E-state index contributed by atoms with van der Waals surface area (Å²) in [4.78, 5) is 23.3. The summed E-state index contributed by atoms with van der Waals surface area (Å²) in [5, 5.41) is 11.0. The molecule has 3 fully saturated rings. The summed E-state index contributed by atoms with van der Waals surface area (Å²) in [6, 6.07) is 0. The Morgan fingerprint density at radius 2 is 2.15 bits per heavy atom. The molecule has 4 rings (SSSR count). The van der Waals surface area contributed by atoms with Crippen LogP contribution in [0.3, 0.4) is 0 Å². The van der Waals surface area contributed by atoms with Gasteiger partial charge in [-0.3, -0.25) is 9.59 Å².